The molecule has 16 heavy (non-hydrogen) atoms. The van der Waals surface area contributed by atoms with Crippen molar-refractivity contribution in [2.75, 3.05) is 39.5 Å². The second-order valence-electron chi connectivity index (χ2n) is 6.23. The van der Waals surface area contributed by atoms with Crippen LogP contribution in [0.1, 0.15) is 32.1 Å². The molecule has 92 valence electrons. The van der Waals surface area contributed by atoms with Crippen LogP contribution in [-0.2, 0) is 4.74 Å². The zero-order valence-electron chi connectivity index (χ0n) is 10.1. The number of ether oxygens (including phenoxy) is 1. The van der Waals surface area contributed by atoms with Crippen molar-refractivity contribution in [1.29, 1.82) is 0 Å². The second-order valence-corrected chi connectivity index (χ2v) is 6.23. The average molecular weight is 225 g/mol. The summed E-state index contributed by atoms with van der Waals surface area (Å²) in [5, 5.41) is 9.05. The molecule has 1 aliphatic carbocycles. The molecule has 1 saturated carbocycles. The second kappa shape index (κ2) is 3.97. The van der Waals surface area contributed by atoms with E-state index in [2.05, 4.69) is 4.90 Å². The van der Waals surface area contributed by atoms with Gasteiger partial charge in [0.15, 0.2) is 0 Å². The van der Waals surface area contributed by atoms with Gasteiger partial charge in [-0.25, -0.2) is 0 Å². The Hall–Kier alpha value is -0.120. The Kier molecular flexibility index (Phi) is 2.73. The van der Waals surface area contributed by atoms with E-state index in [1.165, 1.54) is 45.3 Å². The van der Waals surface area contributed by atoms with Crippen molar-refractivity contribution in [1.82, 2.24) is 4.90 Å². The molecule has 3 nitrogen and oxygen atoms in total. The molecule has 3 aliphatic rings. The zero-order valence-corrected chi connectivity index (χ0v) is 10.1. The van der Waals surface area contributed by atoms with Crippen molar-refractivity contribution >= 4 is 0 Å². The lowest BCUT2D eigenvalue weighted by molar-refractivity contribution is -0.0873. The summed E-state index contributed by atoms with van der Waals surface area (Å²) in [6.45, 7) is 6.10. The number of nitrogens with zero attached hydrogens (tertiary/aromatic N) is 1. The summed E-state index contributed by atoms with van der Waals surface area (Å²) in [5.74, 6) is 0. The fraction of sp³-hybridized carbons (Fsp3) is 1.00. The summed E-state index contributed by atoms with van der Waals surface area (Å²) in [7, 11) is 0. The minimum atomic E-state index is 0.368. The maximum Gasteiger partial charge on any atom is 0.0472 e. The van der Waals surface area contributed by atoms with Crippen LogP contribution in [0.15, 0.2) is 0 Å². The number of likely N-dealkylation sites (tertiary alicyclic amines) is 1. The molecule has 0 unspecified atom stereocenters. The molecule has 0 atom stereocenters. The van der Waals surface area contributed by atoms with Gasteiger partial charge in [-0.3, -0.25) is 0 Å². The lowest BCUT2D eigenvalue weighted by atomic mass is 9.73. The maximum absolute atomic E-state index is 9.05. The van der Waals surface area contributed by atoms with Gasteiger partial charge >= 0.3 is 0 Å². The van der Waals surface area contributed by atoms with E-state index in [0.29, 0.717) is 17.4 Å². The Balaban J connectivity index is 1.46. The molecule has 2 aliphatic heterocycles. The van der Waals surface area contributed by atoms with Gasteiger partial charge in [0.25, 0.3) is 0 Å². The van der Waals surface area contributed by atoms with E-state index in [1.807, 2.05) is 0 Å². The lowest BCUT2D eigenvalue weighted by Gasteiger charge is -2.53. The Bertz CT molecular complexity index is 249. The van der Waals surface area contributed by atoms with E-state index in [1.54, 1.807) is 0 Å². The molecular formula is C13H23NO2. The fourth-order valence-electron chi connectivity index (χ4n) is 3.51. The molecule has 1 spiro atoms. The molecule has 0 radical (unpaired) electrons. The largest absolute Gasteiger partial charge is 0.396 e. The normalized spacial score (nSPS) is 31.3. The molecule has 2 saturated heterocycles. The van der Waals surface area contributed by atoms with Gasteiger partial charge in [0, 0.05) is 44.9 Å². The summed E-state index contributed by atoms with van der Waals surface area (Å²) in [5.41, 5.74) is 1.11. The van der Waals surface area contributed by atoms with E-state index >= 15 is 0 Å². The van der Waals surface area contributed by atoms with Gasteiger partial charge in [-0.15, -0.1) is 0 Å². The molecule has 2 heterocycles. The molecule has 0 aromatic carbocycles. The van der Waals surface area contributed by atoms with Crippen molar-refractivity contribution < 1.29 is 9.84 Å². The van der Waals surface area contributed by atoms with Gasteiger partial charge < -0.3 is 14.7 Å². The van der Waals surface area contributed by atoms with Crippen LogP contribution in [0.5, 0.6) is 0 Å². The van der Waals surface area contributed by atoms with Crippen LogP contribution < -0.4 is 0 Å². The SMILES string of the molecule is OCCC1(CN2CC3(CCOCC3)C2)CC1. The molecule has 3 rings (SSSR count). The highest BCUT2D eigenvalue weighted by molar-refractivity contribution is 5.02. The molecule has 0 amide bonds. The average Bonchev–Trinajstić information content (AvgIpc) is 2.98. The number of aliphatic hydroxyl groups excluding tert-OH is 1. The number of aliphatic hydroxyl groups is 1. The highest BCUT2D eigenvalue weighted by Crippen LogP contribution is 2.51. The molecule has 0 aromatic rings. The quantitative estimate of drug-likeness (QED) is 0.782. The third-order valence-electron chi connectivity index (χ3n) is 4.83. The number of rotatable bonds is 4. The van der Waals surface area contributed by atoms with Gasteiger partial charge in [0.2, 0.25) is 0 Å². The van der Waals surface area contributed by atoms with Crippen molar-refractivity contribution in [2.45, 2.75) is 32.1 Å². The van der Waals surface area contributed by atoms with E-state index in [9.17, 15) is 0 Å². The van der Waals surface area contributed by atoms with Gasteiger partial charge in [-0.05, 0) is 37.5 Å². The predicted octanol–water partition coefficient (Wildman–Crippen LogP) is 1.26. The first-order valence-electron chi connectivity index (χ1n) is 6.67. The smallest absolute Gasteiger partial charge is 0.0472 e. The summed E-state index contributed by atoms with van der Waals surface area (Å²) >= 11 is 0. The van der Waals surface area contributed by atoms with Gasteiger partial charge in [0.05, 0.1) is 0 Å². The zero-order chi connectivity index (χ0) is 11.1. The van der Waals surface area contributed by atoms with Crippen molar-refractivity contribution in [2.24, 2.45) is 10.8 Å². The Labute approximate surface area is 97.8 Å². The maximum atomic E-state index is 9.05. The summed E-state index contributed by atoms with van der Waals surface area (Å²) in [4.78, 5) is 2.61. The van der Waals surface area contributed by atoms with Crippen LogP contribution in [0.2, 0.25) is 0 Å². The van der Waals surface area contributed by atoms with Crippen molar-refractivity contribution in [3.63, 3.8) is 0 Å². The Morgan fingerprint density at radius 1 is 1.06 bits per heavy atom. The standard InChI is InChI=1S/C13H23NO2/c15-6-3-12(1-2-12)9-14-10-13(11-14)4-7-16-8-5-13/h15H,1-11H2. The molecular weight excluding hydrogens is 202 g/mol. The first-order valence-corrected chi connectivity index (χ1v) is 6.67. The Morgan fingerprint density at radius 2 is 1.75 bits per heavy atom. The third-order valence-corrected chi connectivity index (χ3v) is 4.83. The Morgan fingerprint density at radius 3 is 2.31 bits per heavy atom. The first-order chi connectivity index (χ1) is 7.76. The van der Waals surface area contributed by atoms with Crippen LogP contribution in [0.4, 0.5) is 0 Å². The van der Waals surface area contributed by atoms with Gasteiger partial charge in [-0.1, -0.05) is 0 Å². The third kappa shape index (κ3) is 2.01. The monoisotopic (exact) mass is 225 g/mol. The van der Waals surface area contributed by atoms with Crippen LogP contribution in [-0.4, -0.2) is 49.5 Å². The van der Waals surface area contributed by atoms with E-state index < -0.39 is 0 Å². The highest BCUT2D eigenvalue weighted by atomic mass is 16.5. The van der Waals surface area contributed by atoms with E-state index in [-0.39, 0.29) is 0 Å². The number of hydrogen-bond acceptors (Lipinski definition) is 3. The minimum Gasteiger partial charge on any atom is -0.396 e. The highest BCUT2D eigenvalue weighted by Gasteiger charge is 2.49. The molecule has 1 N–H and O–H groups in total. The first kappa shape index (κ1) is 11.0. The molecule has 3 heteroatoms. The lowest BCUT2D eigenvalue weighted by Crippen LogP contribution is -2.59. The van der Waals surface area contributed by atoms with E-state index in [0.717, 1.165) is 19.6 Å². The predicted molar refractivity (Wildman–Crippen MR) is 62.3 cm³/mol. The van der Waals surface area contributed by atoms with Crippen molar-refractivity contribution in [3.05, 3.63) is 0 Å². The molecule has 3 fully saturated rings. The van der Waals surface area contributed by atoms with E-state index in [4.69, 9.17) is 9.84 Å². The molecule has 0 bridgehead atoms. The number of hydrogen-bond donors (Lipinski definition) is 1. The molecule has 0 aromatic heterocycles. The van der Waals surface area contributed by atoms with Crippen LogP contribution >= 0.6 is 0 Å². The van der Waals surface area contributed by atoms with Crippen LogP contribution in [0, 0.1) is 10.8 Å². The van der Waals surface area contributed by atoms with Gasteiger partial charge in [0.1, 0.15) is 0 Å². The van der Waals surface area contributed by atoms with Crippen LogP contribution in [0.25, 0.3) is 0 Å². The fourth-order valence-corrected chi connectivity index (χ4v) is 3.51. The summed E-state index contributed by atoms with van der Waals surface area (Å²) < 4.78 is 5.44. The summed E-state index contributed by atoms with van der Waals surface area (Å²) in [6.07, 6.45) is 6.20. The minimum absolute atomic E-state index is 0.368. The summed E-state index contributed by atoms with van der Waals surface area (Å²) in [6, 6.07) is 0. The van der Waals surface area contributed by atoms with Crippen molar-refractivity contribution in [3.8, 4) is 0 Å². The topological polar surface area (TPSA) is 32.7 Å². The van der Waals surface area contributed by atoms with Crippen LogP contribution in [0.3, 0.4) is 0 Å². The van der Waals surface area contributed by atoms with Gasteiger partial charge in [-0.2, -0.15) is 0 Å².